The van der Waals surface area contributed by atoms with Crippen LogP contribution in [0.15, 0.2) is 146 Å². The Labute approximate surface area is 518 Å². The van der Waals surface area contributed by atoms with Crippen LogP contribution in [0.5, 0.6) is 0 Å². The van der Waals surface area contributed by atoms with Crippen molar-refractivity contribution < 1.29 is 0 Å². The predicted octanol–water partition coefficient (Wildman–Crippen LogP) is 13.0. The Morgan fingerprint density at radius 3 is 1.10 bits per heavy atom. The Balaban J connectivity index is 0.000000493. The van der Waals surface area contributed by atoms with Gasteiger partial charge in [-0.15, -0.1) is 0 Å². The van der Waals surface area contributed by atoms with Crippen LogP contribution in [0.3, 0.4) is 0 Å². The molecule has 0 saturated heterocycles. The molecule has 16 heteroatoms. The van der Waals surface area contributed by atoms with E-state index in [9.17, 15) is 0 Å². The third-order valence-corrected chi connectivity index (χ3v) is 16.5. The molecule has 0 spiro atoms. The smallest absolute Gasteiger partial charge is 0.179 e. The van der Waals surface area contributed by atoms with Crippen LogP contribution in [0.25, 0.3) is 0 Å². The van der Waals surface area contributed by atoms with Crippen molar-refractivity contribution in [1.82, 2.24) is 20.4 Å². The summed E-state index contributed by atoms with van der Waals surface area (Å²) in [5.41, 5.74) is 26.8. The lowest BCUT2D eigenvalue weighted by molar-refractivity contribution is 1.09. The molecule has 0 amide bonds. The minimum Gasteiger partial charge on any atom is -0.399 e. The lowest BCUT2D eigenvalue weighted by Crippen LogP contribution is -2.33. The van der Waals surface area contributed by atoms with Crippen LogP contribution in [0.4, 0.5) is 28.4 Å². The fourth-order valence-corrected chi connectivity index (χ4v) is 10.5. The number of H-pyrrole nitrogens is 2. The van der Waals surface area contributed by atoms with Crippen molar-refractivity contribution in [1.29, 1.82) is 0 Å². The first-order valence-corrected chi connectivity index (χ1v) is 32.3. The molecule has 0 bridgehead atoms. The second-order valence-electron chi connectivity index (χ2n) is 23.1. The maximum atomic E-state index is 5.71. The number of nitrogens with one attached hydrogen (secondary N) is 2. The normalized spacial score (nSPS) is 9.86. The van der Waals surface area contributed by atoms with E-state index in [0.717, 1.165) is 24.8 Å². The summed E-state index contributed by atoms with van der Waals surface area (Å²) in [6.07, 6.45) is 22.3. The first-order chi connectivity index (χ1) is 40.3. The van der Waals surface area contributed by atoms with E-state index in [2.05, 4.69) is 271 Å². The van der Waals surface area contributed by atoms with Gasteiger partial charge in [0.2, 0.25) is 0 Å². The summed E-state index contributed by atoms with van der Waals surface area (Å²) in [6.45, 7) is 36.0. The fraction of sp³-hybridized carbons (Fsp3) is 0.471. The maximum absolute atomic E-state index is 5.71. The quantitative estimate of drug-likeness (QED) is 0.0394. The summed E-state index contributed by atoms with van der Waals surface area (Å²) < 4.78 is 0. The van der Waals surface area contributed by atoms with Gasteiger partial charge in [-0.2, -0.15) is 10.2 Å². The van der Waals surface area contributed by atoms with E-state index in [1.165, 1.54) is 131 Å². The zero-order chi connectivity index (χ0) is 63.0. The highest BCUT2D eigenvalue weighted by Gasteiger charge is 2.17. The van der Waals surface area contributed by atoms with Gasteiger partial charge in [-0.25, -0.2) is 0 Å². The standard InChI is InChI=1S/3C12H20BN.2C10H16BN.C7H13BN2.C5H9BN2/c1-5-13(6-2)11-7-9-12(10-8-11)14(3)4;1-5-13(6-2)11-8-7-9-12(10-11)14(3)4;1-5-13(6-2)11-9-7-8-10-12(11)14(3)4;1-3-11(4-2)9-5-7-10(12)8-6-9;1-3-11(4-2)9-6-5-7-10(12)8-9;1-3-8(4-2)7-5-9-10-6-7;1-6(2)5-3-7-8-4-5/h3*7-10H,5-6H2,1-4H3;2*5-8H,3-4,12H2,1-2H3;5-6H,3-4H2,1-2H3,(H,9,10);3-4H,1-2H3,(H,7,8). The van der Waals surface area contributed by atoms with Gasteiger partial charge in [0, 0.05) is 95.5 Å². The zero-order valence-electron chi connectivity index (χ0n) is 56.8. The van der Waals surface area contributed by atoms with Crippen molar-refractivity contribution in [3.05, 3.63) is 146 Å². The molecule has 0 aliphatic rings. The highest BCUT2D eigenvalue weighted by atomic mass is 15.1. The van der Waals surface area contributed by atoms with Crippen LogP contribution in [-0.4, -0.2) is 110 Å². The summed E-state index contributed by atoms with van der Waals surface area (Å²) >= 11 is 0. The number of anilines is 5. The lowest BCUT2D eigenvalue weighted by atomic mass is 9.41. The van der Waals surface area contributed by atoms with Gasteiger partial charge in [0.15, 0.2) is 47.0 Å². The largest absolute Gasteiger partial charge is 0.399 e. The number of nitrogens with zero attached hydrogens (tertiary/aromatic N) is 5. The van der Waals surface area contributed by atoms with Gasteiger partial charge in [-0.3, -0.25) is 10.2 Å². The van der Waals surface area contributed by atoms with Crippen molar-refractivity contribution >= 4 is 114 Å². The Morgan fingerprint density at radius 1 is 0.345 bits per heavy atom. The molecule has 0 fully saturated rings. The van der Waals surface area contributed by atoms with Crippen molar-refractivity contribution in [2.24, 2.45) is 0 Å². The summed E-state index contributed by atoms with van der Waals surface area (Å²) in [4.78, 5) is 6.50. The van der Waals surface area contributed by atoms with Crippen LogP contribution in [-0.2, 0) is 0 Å². The molecule has 0 saturated carbocycles. The van der Waals surface area contributed by atoms with Crippen molar-refractivity contribution in [2.75, 3.05) is 68.5 Å². The summed E-state index contributed by atoms with van der Waals surface area (Å²) in [5, 5.41) is 13.3. The number of nitrogen functional groups attached to an aromatic ring is 2. The second kappa shape index (κ2) is 44.5. The van der Waals surface area contributed by atoms with Crippen LogP contribution < -0.4 is 64.4 Å². The SMILES string of the molecule is CB(C)c1cn[nH]c1.CCB(CC)c1ccc(N(C)C)cc1.CCB(CC)c1ccc(N)cc1.CCB(CC)c1cccc(N(C)C)c1.CCB(CC)c1cccc(N)c1.CCB(CC)c1ccccc1N(C)C.CCB(CC)c1cn[nH]c1. The Bertz CT molecular complexity index is 2630. The molecule has 0 aliphatic carbocycles. The lowest BCUT2D eigenvalue weighted by Gasteiger charge is -2.20. The minimum atomic E-state index is 0.591. The second-order valence-corrected chi connectivity index (χ2v) is 23.1. The highest BCUT2D eigenvalue weighted by molar-refractivity contribution is 6.75. The van der Waals surface area contributed by atoms with Crippen LogP contribution in [0.2, 0.25) is 89.5 Å². The number of aromatic nitrogens is 4. The van der Waals surface area contributed by atoms with Crippen LogP contribution in [0, 0.1) is 0 Å². The fourth-order valence-electron chi connectivity index (χ4n) is 10.5. The predicted molar refractivity (Wildman–Crippen MR) is 396 cm³/mol. The van der Waals surface area contributed by atoms with Gasteiger partial charge in [-0.05, 0) is 65.5 Å². The molecule has 84 heavy (non-hydrogen) atoms. The van der Waals surface area contributed by atoms with E-state index in [1.807, 2.05) is 49.1 Å². The number of benzene rings is 5. The molecule has 7 aromatic rings. The highest BCUT2D eigenvalue weighted by Crippen LogP contribution is 2.14. The minimum absolute atomic E-state index is 0.591. The summed E-state index contributed by atoms with van der Waals surface area (Å²) in [5.74, 6) is 0. The van der Waals surface area contributed by atoms with E-state index < -0.39 is 0 Å². The average Bonchev–Trinajstić information content (AvgIpc) is 4.29. The van der Waals surface area contributed by atoms with Gasteiger partial charge < -0.3 is 26.2 Å². The van der Waals surface area contributed by atoms with Crippen molar-refractivity contribution in [3.63, 3.8) is 0 Å². The molecule has 9 nitrogen and oxygen atoms in total. The third-order valence-electron chi connectivity index (χ3n) is 16.5. The molecule has 0 atom stereocenters. The molecule has 2 heterocycles. The topological polar surface area (TPSA) is 119 Å². The van der Waals surface area contributed by atoms with Gasteiger partial charge >= 0.3 is 0 Å². The number of aromatic amines is 2. The van der Waals surface area contributed by atoms with Gasteiger partial charge in [0.05, 0.1) is 0 Å². The number of rotatable bonds is 22. The Morgan fingerprint density at radius 2 is 0.726 bits per heavy atom. The third kappa shape index (κ3) is 28.2. The van der Waals surface area contributed by atoms with Gasteiger partial charge in [0.25, 0.3) is 0 Å². The molecular formula is C68H114B7N9. The van der Waals surface area contributed by atoms with E-state index in [0.29, 0.717) is 33.6 Å². The van der Waals surface area contributed by atoms with E-state index in [-0.39, 0.29) is 0 Å². The molecule has 0 radical (unpaired) electrons. The number of nitrogens with two attached hydrogens (primary N) is 2. The zero-order valence-corrected chi connectivity index (χ0v) is 56.8. The molecule has 452 valence electrons. The van der Waals surface area contributed by atoms with E-state index in [1.54, 1.807) is 0 Å². The van der Waals surface area contributed by atoms with Gasteiger partial charge in [0.1, 0.15) is 0 Å². The first kappa shape index (κ1) is 76.0. The maximum Gasteiger partial charge on any atom is 0.179 e. The monoisotopic (exact) mass is 1130 g/mol. The number of hydrogen-bond acceptors (Lipinski definition) is 7. The average molecular weight is 1130 g/mol. The van der Waals surface area contributed by atoms with Gasteiger partial charge in [-0.1, -0.05) is 267 Å². The Kier molecular flexibility index (Phi) is 40.2. The molecule has 6 N–H and O–H groups in total. The number of para-hydroxylation sites is 1. The molecule has 0 aliphatic heterocycles. The molecule has 2 aromatic heterocycles. The summed E-state index contributed by atoms with van der Waals surface area (Å²) in [7, 11) is 12.6. The molecule has 5 aromatic carbocycles. The Hall–Kier alpha value is -6.03. The van der Waals surface area contributed by atoms with Crippen LogP contribution >= 0.6 is 0 Å². The first-order valence-electron chi connectivity index (χ1n) is 32.3. The van der Waals surface area contributed by atoms with Crippen LogP contribution in [0.1, 0.15) is 83.1 Å². The summed E-state index contributed by atoms with van der Waals surface area (Å²) in [6, 6.07) is 42.9. The molecule has 0 unspecified atom stereocenters. The molecular weight excluding hydrogens is 1020 g/mol. The number of hydrogen-bond donors (Lipinski definition) is 4. The van der Waals surface area contributed by atoms with Crippen molar-refractivity contribution in [3.8, 4) is 0 Å². The molecule has 7 rings (SSSR count). The van der Waals surface area contributed by atoms with E-state index >= 15 is 0 Å². The van der Waals surface area contributed by atoms with E-state index in [4.69, 9.17) is 11.5 Å². The van der Waals surface area contributed by atoms with Crippen molar-refractivity contribution in [2.45, 2.75) is 173 Å².